The average molecular weight is 627 g/mol. The Balaban J connectivity index is 1.44. The number of ketones is 1. The monoisotopic (exact) mass is 626 g/mol. The third-order valence-corrected chi connectivity index (χ3v) is 14.2. The molecule has 0 aliphatic heterocycles. The first kappa shape index (κ1) is 33.6. The Morgan fingerprint density at radius 1 is 0.889 bits per heavy atom. The quantitative estimate of drug-likeness (QED) is 0.344. The number of carboxylic acids is 1. The maximum atomic E-state index is 14.6. The molecule has 4 saturated carbocycles. The average Bonchev–Trinajstić information content (AvgIpc) is 2.94. The molecule has 0 unspecified atom stereocenters. The van der Waals surface area contributed by atoms with Crippen molar-refractivity contribution in [3.05, 3.63) is 11.6 Å². The molecular weight excluding hydrogens is 572 g/mol. The highest BCUT2D eigenvalue weighted by Crippen LogP contribution is 2.75. The molecular formula is C36H54N2O7. The minimum atomic E-state index is -1.14. The molecule has 5 aliphatic rings. The largest absolute Gasteiger partial charge is 0.480 e. The van der Waals surface area contributed by atoms with Gasteiger partial charge in [0.15, 0.2) is 5.78 Å². The van der Waals surface area contributed by atoms with Crippen molar-refractivity contribution in [1.82, 2.24) is 10.6 Å². The van der Waals surface area contributed by atoms with Crippen LogP contribution in [0, 0.1) is 50.2 Å². The Morgan fingerprint density at radius 2 is 1.56 bits per heavy atom. The predicted molar refractivity (Wildman–Crippen MR) is 169 cm³/mol. The lowest BCUT2D eigenvalue weighted by molar-refractivity contribution is -0.210. The summed E-state index contributed by atoms with van der Waals surface area (Å²) < 4.78 is 5.84. The van der Waals surface area contributed by atoms with Crippen LogP contribution in [0.2, 0.25) is 0 Å². The van der Waals surface area contributed by atoms with Crippen molar-refractivity contribution in [2.45, 2.75) is 119 Å². The van der Waals surface area contributed by atoms with E-state index in [1.54, 1.807) is 0 Å². The first-order valence-electron chi connectivity index (χ1n) is 16.9. The number of carboxylic acid groups (broad SMARTS) is 1. The number of ether oxygens (including phenoxy) is 1. The summed E-state index contributed by atoms with van der Waals surface area (Å²) in [5, 5.41) is 13.9. The molecule has 0 heterocycles. The van der Waals surface area contributed by atoms with Gasteiger partial charge in [-0.2, -0.15) is 0 Å². The van der Waals surface area contributed by atoms with Gasteiger partial charge in [-0.1, -0.05) is 54.0 Å². The van der Waals surface area contributed by atoms with Crippen molar-refractivity contribution in [3.63, 3.8) is 0 Å². The lowest BCUT2D eigenvalue weighted by Crippen LogP contribution is -2.66. The highest BCUT2D eigenvalue weighted by atomic mass is 16.5. The summed E-state index contributed by atoms with van der Waals surface area (Å²) in [6, 6.07) is 0. The van der Waals surface area contributed by atoms with Gasteiger partial charge in [-0.05, 0) is 97.4 Å². The van der Waals surface area contributed by atoms with Crippen LogP contribution in [0.1, 0.15) is 113 Å². The second-order valence-electron chi connectivity index (χ2n) is 17.1. The topological polar surface area (TPSA) is 139 Å². The van der Waals surface area contributed by atoms with Crippen molar-refractivity contribution in [2.75, 3.05) is 13.1 Å². The summed E-state index contributed by atoms with van der Waals surface area (Å²) in [5.41, 5.74) is -0.376. The summed E-state index contributed by atoms with van der Waals surface area (Å²) in [4.78, 5) is 63.1. The van der Waals surface area contributed by atoms with Crippen molar-refractivity contribution in [3.8, 4) is 0 Å². The van der Waals surface area contributed by atoms with Crippen LogP contribution in [0.25, 0.3) is 0 Å². The van der Waals surface area contributed by atoms with Crippen LogP contribution in [0.15, 0.2) is 11.6 Å². The van der Waals surface area contributed by atoms with E-state index in [2.05, 4.69) is 52.2 Å². The number of nitrogens with one attached hydrogen (secondary N) is 2. The van der Waals surface area contributed by atoms with E-state index in [9.17, 15) is 24.0 Å². The number of hydrogen-bond donors (Lipinski definition) is 3. The van der Waals surface area contributed by atoms with Crippen LogP contribution in [-0.4, -0.2) is 53.8 Å². The highest BCUT2D eigenvalue weighted by Gasteiger charge is 2.70. The van der Waals surface area contributed by atoms with Gasteiger partial charge >= 0.3 is 11.9 Å². The molecule has 9 heteroatoms. The van der Waals surface area contributed by atoms with Gasteiger partial charge in [0, 0.05) is 23.7 Å². The molecule has 0 radical (unpaired) electrons. The molecule has 2 amide bonds. The first-order valence-corrected chi connectivity index (χ1v) is 16.9. The molecule has 250 valence electrons. The fourth-order valence-electron chi connectivity index (χ4n) is 11.4. The van der Waals surface area contributed by atoms with Gasteiger partial charge in [0.05, 0.1) is 6.54 Å². The van der Waals surface area contributed by atoms with Crippen LogP contribution < -0.4 is 10.6 Å². The summed E-state index contributed by atoms with van der Waals surface area (Å²) >= 11 is 0. The number of esters is 1. The van der Waals surface area contributed by atoms with E-state index < -0.39 is 23.8 Å². The first-order chi connectivity index (χ1) is 20.7. The maximum absolute atomic E-state index is 14.6. The molecule has 9 nitrogen and oxygen atoms in total. The molecule has 4 fully saturated rings. The Kier molecular flexibility index (Phi) is 8.18. The zero-order chi connectivity index (χ0) is 33.4. The molecule has 0 aromatic carbocycles. The number of carbonyl (C=O) groups excluding carboxylic acids is 4. The van der Waals surface area contributed by atoms with E-state index in [0.717, 1.165) is 44.9 Å². The Bertz CT molecular complexity index is 1340. The summed E-state index contributed by atoms with van der Waals surface area (Å²) in [5.74, 6) is -1.69. The standard InChI is InChI=1S/C36H54N2O7/c1-21(39)45-26-10-11-34(6)25(31(26,2)3)9-12-36(8)29(34)24(40)17-22-23-18-33(5,14-13-32(23,4)15-16-35(22,36)7)30(44)38-19-27(41)37-20-28(42)43/h17,23,25-26,29H,9-16,18-20H2,1-8H3,(H,37,41)(H,38,44)(H,42,43)/t23-,25-,26-,29+,32+,33-,34-,35+,36+/m0/s1. The van der Waals surface area contributed by atoms with Crippen LogP contribution in [0.3, 0.4) is 0 Å². The lowest BCUT2D eigenvalue weighted by Gasteiger charge is -2.70. The molecule has 0 saturated heterocycles. The fraction of sp³-hybridized carbons (Fsp3) is 0.806. The number of rotatable bonds is 6. The van der Waals surface area contributed by atoms with E-state index in [4.69, 9.17) is 9.84 Å². The number of allylic oxidation sites excluding steroid dienone is 2. The molecule has 0 aromatic heterocycles. The Hall–Kier alpha value is -2.71. The minimum absolute atomic E-state index is 0.0152. The SMILES string of the molecule is CC(=O)O[C@H]1CC[C@]2(C)[C@H]3C(=O)C=C4[C@@H]5C[C@@](C)(C(=O)NCC(=O)NCC(=O)O)CC[C@]5(C)CC[C@@]4(C)[C@]3(C)CC[C@H]2C1(C)C. The summed E-state index contributed by atoms with van der Waals surface area (Å²) in [6.45, 7) is 16.5. The minimum Gasteiger partial charge on any atom is -0.480 e. The van der Waals surface area contributed by atoms with E-state index in [1.165, 1.54) is 12.5 Å². The second-order valence-corrected chi connectivity index (χ2v) is 17.1. The van der Waals surface area contributed by atoms with Crippen molar-refractivity contribution in [2.24, 2.45) is 50.2 Å². The summed E-state index contributed by atoms with van der Waals surface area (Å²) in [7, 11) is 0. The van der Waals surface area contributed by atoms with Gasteiger partial charge in [0.25, 0.3) is 0 Å². The molecule has 0 aromatic rings. The third kappa shape index (κ3) is 5.15. The van der Waals surface area contributed by atoms with E-state index in [1.807, 2.05) is 13.0 Å². The van der Waals surface area contributed by atoms with Crippen molar-refractivity contribution < 1.29 is 33.8 Å². The zero-order valence-corrected chi connectivity index (χ0v) is 28.6. The zero-order valence-electron chi connectivity index (χ0n) is 28.6. The summed E-state index contributed by atoms with van der Waals surface area (Å²) in [6.07, 6.45) is 9.59. The normalized spacial score (nSPS) is 43.3. The van der Waals surface area contributed by atoms with E-state index >= 15 is 0 Å². The third-order valence-electron chi connectivity index (χ3n) is 14.2. The number of carbonyl (C=O) groups is 5. The Labute approximate surface area is 268 Å². The van der Waals surface area contributed by atoms with Gasteiger partial charge in [-0.15, -0.1) is 0 Å². The molecule has 5 rings (SSSR count). The molecule has 45 heavy (non-hydrogen) atoms. The molecule has 0 bridgehead atoms. The van der Waals surface area contributed by atoms with Gasteiger partial charge in [-0.3, -0.25) is 24.0 Å². The molecule has 9 atom stereocenters. The van der Waals surface area contributed by atoms with Gasteiger partial charge in [-0.25, -0.2) is 0 Å². The molecule has 5 aliphatic carbocycles. The number of aliphatic carboxylic acids is 1. The van der Waals surface area contributed by atoms with Crippen molar-refractivity contribution >= 4 is 29.5 Å². The van der Waals surface area contributed by atoms with Crippen LogP contribution in [-0.2, 0) is 28.7 Å². The van der Waals surface area contributed by atoms with Crippen LogP contribution in [0.4, 0.5) is 0 Å². The van der Waals surface area contributed by atoms with E-state index in [0.29, 0.717) is 12.8 Å². The fourth-order valence-corrected chi connectivity index (χ4v) is 11.4. The maximum Gasteiger partial charge on any atom is 0.322 e. The van der Waals surface area contributed by atoms with Gasteiger partial charge in [0.1, 0.15) is 12.6 Å². The van der Waals surface area contributed by atoms with E-state index in [-0.39, 0.29) is 75.1 Å². The highest BCUT2D eigenvalue weighted by molar-refractivity contribution is 5.96. The van der Waals surface area contributed by atoms with Crippen LogP contribution >= 0.6 is 0 Å². The van der Waals surface area contributed by atoms with Crippen LogP contribution in [0.5, 0.6) is 0 Å². The number of hydrogen-bond acceptors (Lipinski definition) is 6. The number of amides is 2. The molecule has 3 N–H and O–H groups in total. The van der Waals surface area contributed by atoms with Crippen molar-refractivity contribution in [1.29, 1.82) is 0 Å². The van der Waals surface area contributed by atoms with Gasteiger partial charge < -0.3 is 20.5 Å². The smallest absolute Gasteiger partial charge is 0.322 e. The molecule has 0 spiro atoms. The Morgan fingerprint density at radius 3 is 2.20 bits per heavy atom. The lowest BCUT2D eigenvalue weighted by atomic mass is 9.33. The predicted octanol–water partition coefficient (Wildman–Crippen LogP) is 5.22. The number of fused-ring (bicyclic) bond motifs is 7. The second kappa shape index (κ2) is 10.9. The van der Waals surface area contributed by atoms with Gasteiger partial charge in [0.2, 0.25) is 11.8 Å².